The number of piperidine rings is 1. The highest BCUT2D eigenvalue weighted by Gasteiger charge is 2.23. The first-order chi connectivity index (χ1) is 14.7. The number of benzene rings is 2. The molecule has 6 nitrogen and oxygen atoms in total. The van der Waals surface area contributed by atoms with Crippen molar-refractivity contribution in [2.45, 2.75) is 18.9 Å². The second-order valence-electron chi connectivity index (χ2n) is 7.55. The van der Waals surface area contributed by atoms with Crippen LogP contribution in [0.3, 0.4) is 0 Å². The average molecular weight is 462 g/mol. The number of halogens is 2. The van der Waals surface area contributed by atoms with Crippen LogP contribution in [-0.2, 0) is 9.59 Å². The number of hydrogen-bond donors (Lipinski definition) is 1. The molecule has 2 aromatic carbocycles. The highest BCUT2D eigenvalue weighted by atomic mass is 35.5. The van der Waals surface area contributed by atoms with Crippen molar-refractivity contribution in [3.63, 3.8) is 0 Å². The molecule has 1 saturated heterocycles. The zero-order valence-corrected chi connectivity index (χ0v) is 19.0. The van der Waals surface area contributed by atoms with E-state index in [-0.39, 0.29) is 6.10 Å². The van der Waals surface area contributed by atoms with Crippen molar-refractivity contribution >= 4 is 46.4 Å². The maximum atomic E-state index is 12.0. The number of nitrogens with one attached hydrogen (secondary N) is 1. The second-order valence-corrected chi connectivity index (χ2v) is 8.40. The fraction of sp³-hybridized carbons (Fsp3) is 0.304. The number of ether oxygens (including phenoxy) is 1. The number of carbonyl (C=O) groups is 2. The van der Waals surface area contributed by atoms with Crippen molar-refractivity contribution in [2.75, 3.05) is 32.5 Å². The Morgan fingerprint density at radius 2 is 1.74 bits per heavy atom. The van der Waals surface area contributed by atoms with Gasteiger partial charge in [-0.15, -0.1) is 0 Å². The molecule has 0 aromatic heterocycles. The van der Waals surface area contributed by atoms with Gasteiger partial charge in [-0.2, -0.15) is 0 Å². The summed E-state index contributed by atoms with van der Waals surface area (Å²) in [4.78, 5) is 27.2. The highest BCUT2D eigenvalue weighted by molar-refractivity contribution is 6.39. The van der Waals surface area contributed by atoms with E-state index in [9.17, 15) is 9.59 Å². The molecule has 0 bridgehead atoms. The summed E-state index contributed by atoms with van der Waals surface area (Å²) in [5.74, 6) is -0.525. The van der Waals surface area contributed by atoms with Gasteiger partial charge in [0.15, 0.2) is 0 Å². The van der Waals surface area contributed by atoms with E-state index in [1.807, 2.05) is 24.3 Å². The van der Waals surface area contributed by atoms with Crippen LogP contribution in [0.4, 0.5) is 5.69 Å². The minimum atomic E-state index is -0.705. The van der Waals surface area contributed by atoms with E-state index in [0.29, 0.717) is 21.3 Å². The lowest BCUT2D eigenvalue weighted by Gasteiger charge is -2.35. The predicted molar refractivity (Wildman–Crippen MR) is 124 cm³/mol. The van der Waals surface area contributed by atoms with Gasteiger partial charge in [0.05, 0.1) is 0 Å². The van der Waals surface area contributed by atoms with Crippen LogP contribution in [0.2, 0.25) is 10.0 Å². The van der Waals surface area contributed by atoms with Crippen LogP contribution in [0, 0.1) is 0 Å². The third-order valence-electron chi connectivity index (χ3n) is 5.08. The Morgan fingerprint density at radius 3 is 2.35 bits per heavy atom. The molecular weight excluding hydrogens is 437 g/mol. The van der Waals surface area contributed by atoms with Gasteiger partial charge in [-0.3, -0.25) is 9.59 Å². The van der Waals surface area contributed by atoms with Gasteiger partial charge in [0.25, 0.3) is 0 Å². The van der Waals surface area contributed by atoms with Crippen LogP contribution >= 0.6 is 23.2 Å². The van der Waals surface area contributed by atoms with Crippen molar-refractivity contribution in [1.29, 1.82) is 0 Å². The molecule has 3 rings (SSSR count). The summed E-state index contributed by atoms with van der Waals surface area (Å²) in [5.41, 5.74) is 1.97. The van der Waals surface area contributed by atoms with Gasteiger partial charge in [0.1, 0.15) is 11.9 Å². The van der Waals surface area contributed by atoms with Gasteiger partial charge in [-0.05, 0) is 42.5 Å². The quantitative estimate of drug-likeness (QED) is 0.664. The molecule has 164 valence electrons. The Bertz CT molecular complexity index is 969. The molecule has 31 heavy (non-hydrogen) atoms. The fourth-order valence-corrected chi connectivity index (χ4v) is 3.68. The first-order valence-electron chi connectivity index (χ1n) is 9.93. The van der Waals surface area contributed by atoms with E-state index in [2.05, 4.69) is 16.8 Å². The van der Waals surface area contributed by atoms with Crippen LogP contribution in [0.15, 0.2) is 49.0 Å². The first-order valence-corrected chi connectivity index (χ1v) is 10.7. The molecule has 1 aliphatic rings. The Hall–Kier alpha value is -2.70. The molecule has 0 aliphatic carbocycles. The molecule has 0 atom stereocenters. The van der Waals surface area contributed by atoms with Gasteiger partial charge in [-0.1, -0.05) is 29.8 Å². The maximum Gasteiger partial charge on any atom is 0.313 e. The second kappa shape index (κ2) is 10.1. The van der Waals surface area contributed by atoms with E-state index < -0.39 is 11.8 Å². The smallest absolute Gasteiger partial charge is 0.313 e. The number of likely N-dealkylation sites (N-methyl/N-ethyl adjacent to an activating group) is 1. The molecule has 0 spiro atoms. The number of rotatable bonds is 5. The number of amides is 2. The minimum Gasteiger partial charge on any atom is -0.490 e. The lowest BCUT2D eigenvalue weighted by Crippen LogP contribution is -2.37. The molecule has 1 aliphatic heterocycles. The molecular formula is C23H25Cl2N3O3. The predicted octanol–water partition coefficient (Wildman–Crippen LogP) is 4.53. The zero-order chi connectivity index (χ0) is 22.5. The summed E-state index contributed by atoms with van der Waals surface area (Å²) in [6.07, 6.45) is 1.79. The van der Waals surface area contributed by atoms with Gasteiger partial charge in [0.2, 0.25) is 0 Å². The fourth-order valence-electron chi connectivity index (χ4n) is 3.33. The normalized spacial score (nSPS) is 14.1. The SMILES string of the molecule is C=C(c1cc(NC(=O)C(=O)N(C)C)ccc1Cl)N1CCC(Oc2ccc(Cl)cc2)CC1. The molecule has 2 amide bonds. The zero-order valence-electron chi connectivity index (χ0n) is 17.5. The van der Waals surface area contributed by atoms with E-state index in [1.54, 1.807) is 18.2 Å². The molecule has 1 heterocycles. The Labute approximate surface area is 192 Å². The Morgan fingerprint density at radius 1 is 1.10 bits per heavy atom. The van der Waals surface area contributed by atoms with E-state index in [4.69, 9.17) is 27.9 Å². The van der Waals surface area contributed by atoms with Crippen molar-refractivity contribution in [2.24, 2.45) is 0 Å². The van der Waals surface area contributed by atoms with Crippen LogP contribution in [0.5, 0.6) is 5.75 Å². The number of likely N-dealkylation sites (tertiary alicyclic amines) is 1. The monoisotopic (exact) mass is 461 g/mol. The van der Waals surface area contributed by atoms with Crippen LogP contribution in [-0.4, -0.2) is 54.9 Å². The molecule has 0 radical (unpaired) electrons. The number of nitrogens with zero attached hydrogens (tertiary/aromatic N) is 2. The van der Waals surface area contributed by atoms with E-state index in [0.717, 1.165) is 37.4 Å². The Kier molecular flexibility index (Phi) is 7.46. The topological polar surface area (TPSA) is 61.9 Å². The molecule has 0 unspecified atom stereocenters. The van der Waals surface area contributed by atoms with E-state index >= 15 is 0 Å². The van der Waals surface area contributed by atoms with Crippen LogP contribution in [0.1, 0.15) is 18.4 Å². The molecule has 8 heteroatoms. The Balaban J connectivity index is 1.61. The molecule has 2 aromatic rings. The summed E-state index contributed by atoms with van der Waals surface area (Å²) in [6.45, 7) is 5.74. The van der Waals surface area contributed by atoms with Gasteiger partial charge < -0.3 is 19.9 Å². The number of hydrogen-bond acceptors (Lipinski definition) is 4. The first kappa shape index (κ1) is 23.0. The number of anilines is 1. The third-order valence-corrected chi connectivity index (χ3v) is 5.66. The largest absolute Gasteiger partial charge is 0.490 e. The molecule has 1 N–H and O–H groups in total. The third kappa shape index (κ3) is 5.93. The average Bonchev–Trinajstić information content (AvgIpc) is 2.76. The summed E-state index contributed by atoms with van der Waals surface area (Å²) in [5, 5.41) is 3.82. The van der Waals surface area contributed by atoms with Gasteiger partial charge >= 0.3 is 11.8 Å². The van der Waals surface area contributed by atoms with Crippen LogP contribution < -0.4 is 10.1 Å². The minimum absolute atomic E-state index is 0.114. The highest BCUT2D eigenvalue weighted by Crippen LogP contribution is 2.31. The molecule has 0 saturated carbocycles. The molecule has 1 fully saturated rings. The summed E-state index contributed by atoms with van der Waals surface area (Å²) >= 11 is 12.3. The lowest BCUT2D eigenvalue weighted by atomic mass is 10.0. The van der Waals surface area contributed by atoms with Crippen molar-refractivity contribution in [1.82, 2.24) is 9.80 Å². The lowest BCUT2D eigenvalue weighted by molar-refractivity contribution is -0.141. The van der Waals surface area contributed by atoms with Crippen molar-refractivity contribution < 1.29 is 14.3 Å². The number of carbonyl (C=O) groups excluding carboxylic acids is 2. The maximum absolute atomic E-state index is 12.0. The van der Waals surface area contributed by atoms with Crippen molar-refractivity contribution in [3.05, 3.63) is 64.7 Å². The van der Waals surface area contributed by atoms with E-state index in [1.165, 1.54) is 19.0 Å². The van der Waals surface area contributed by atoms with Gasteiger partial charge in [0, 0.05) is 67.0 Å². The standard InChI is InChI=1S/C23H25Cl2N3O3/c1-15(20-14-17(6-9-21(20)25)26-22(29)23(30)27(2)3)28-12-10-19(11-13-28)31-18-7-4-16(24)5-8-18/h4-9,14,19H,1,10-13H2,2-3H3,(H,26,29). The van der Waals surface area contributed by atoms with Crippen LogP contribution in [0.25, 0.3) is 5.70 Å². The summed E-state index contributed by atoms with van der Waals surface area (Å²) in [7, 11) is 3.05. The summed E-state index contributed by atoms with van der Waals surface area (Å²) < 4.78 is 6.05. The summed E-state index contributed by atoms with van der Waals surface area (Å²) in [6, 6.07) is 12.5. The van der Waals surface area contributed by atoms with Gasteiger partial charge in [-0.25, -0.2) is 0 Å². The van der Waals surface area contributed by atoms with Crippen molar-refractivity contribution in [3.8, 4) is 5.75 Å².